The second-order valence-corrected chi connectivity index (χ2v) is 4.48. The number of fused-ring (bicyclic) bond motifs is 1. The first-order chi connectivity index (χ1) is 6.71. The zero-order valence-corrected chi connectivity index (χ0v) is 8.30. The first-order valence-electron chi connectivity index (χ1n) is 4.68. The SMILES string of the molecule is O=C1c2ccc(Cl)cc2OCC12CC2. The van der Waals surface area contributed by atoms with Gasteiger partial charge in [0.25, 0.3) is 0 Å². The predicted molar refractivity (Wildman–Crippen MR) is 52.9 cm³/mol. The number of halogens is 1. The van der Waals surface area contributed by atoms with Crippen molar-refractivity contribution in [2.75, 3.05) is 6.61 Å². The van der Waals surface area contributed by atoms with Crippen LogP contribution >= 0.6 is 11.6 Å². The van der Waals surface area contributed by atoms with Crippen molar-refractivity contribution in [3.05, 3.63) is 28.8 Å². The molecule has 1 heterocycles. The second kappa shape index (κ2) is 2.51. The maximum Gasteiger partial charge on any atom is 0.176 e. The van der Waals surface area contributed by atoms with Gasteiger partial charge >= 0.3 is 0 Å². The van der Waals surface area contributed by atoms with Crippen molar-refractivity contribution in [3.8, 4) is 5.75 Å². The first kappa shape index (κ1) is 8.30. The van der Waals surface area contributed by atoms with Gasteiger partial charge in [0.05, 0.1) is 11.0 Å². The van der Waals surface area contributed by atoms with E-state index in [0.29, 0.717) is 22.9 Å². The molecule has 0 N–H and O–H groups in total. The smallest absolute Gasteiger partial charge is 0.176 e. The summed E-state index contributed by atoms with van der Waals surface area (Å²) in [4.78, 5) is 12.0. The number of rotatable bonds is 0. The fourth-order valence-corrected chi connectivity index (χ4v) is 2.05. The Labute approximate surface area is 86.8 Å². The summed E-state index contributed by atoms with van der Waals surface area (Å²) < 4.78 is 5.55. The molecule has 1 aromatic rings. The zero-order valence-electron chi connectivity index (χ0n) is 7.55. The standard InChI is InChI=1S/C11H9ClO2/c12-7-1-2-8-9(5-7)14-6-11(3-4-11)10(8)13/h1-2,5H,3-4,6H2. The van der Waals surface area contributed by atoms with E-state index in [4.69, 9.17) is 16.3 Å². The minimum Gasteiger partial charge on any atom is -0.492 e. The minimum atomic E-state index is -0.180. The molecule has 0 atom stereocenters. The third-order valence-corrected chi connectivity index (χ3v) is 3.26. The van der Waals surface area contributed by atoms with E-state index in [1.54, 1.807) is 18.2 Å². The highest BCUT2D eigenvalue weighted by molar-refractivity contribution is 6.31. The van der Waals surface area contributed by atoms with Gasteiger partial charge in [-0.05, 0) is 31.0 Å². The maximum atomic E-state index is 12.0. The quantitative estimate of drug-likeness (QED) is 0.655. The number of Topliss-reactive ketones (excluding diaryl/α,β-unsaturated/α-hetero) is 1. The minimum absolute atomic E-state index is 0.180. The van der Waals surface area contributed by atoms with E-state index < -0.39 is 0 Å². The fraction of sp³-hybridized carbons (Fsp3) is 0.364. The number of carbonyl (C=O) groups excluding carboxylic acids is 1. The predicted octanol–water partition coefficient (Wildman–Crippen LogP) is 2.70. The van der Waals surface area contributed by atoms with Crippen LogP contribution in [0.3, 0.4) is 0 Å². The number of benzene rings is 1. The largest absolute Gasteiger partial charge is 0.492 e. The summed E-state index contributed by atoms with van der Waals surface area (Å²) in [7, 11) is 0. The molecule has 72 valence electrons. The molecule has 1 fully saturated rings. The van der Waals surface area contributed by atoms with Crippen LogP contribution in [0.4, 0.5) is 0 Å². The van der Waals surface area contributed by atoms with Crippen LogP contribution in [0.5, 0.6) is 5.75 Å². The lowest BCUT2D eigenvalue weighted by molar-refractivity contribution is 0.0798. The van der Waals surface area contributed by atoms with E-state index in [-0.39, 0.29) is 11.2 Å². The van der Waals surface area contributed by atoms with E-state index in [1.807, 2.05) is 0 Å². The molecule has 3 rings (SSSR count). The molecule has 0 saturated heterocycles. The van der Waals surface area contributed by atoms with Gasteiger partial charge in [0, 0.05) is 5.02 Å². The summed E-state index contributed by atoms with van der Waals surface area (Å²) >= 11 is 5.82. The van der Waals surface area contributed by atoms with Gasteiger partial charge in [-0.1, -0.05) is 11.6 Å². The molecule has 0 radical (unpaired) electrons. The molecule has 2 nitrogen and oxygen atoms in total. The average Bonchev–Trinajstić information content (AvgIpc) is 2.93. The van der Waals surface area contributed by atoms with Crippen LogP contribution in [-0.4, -0.2) is 12.4 Å². The number of hydrogen-bond acceptors (Lipinski definition) is 2. The lowest BCUT2D eigenvalue weighted by Crippen LogP contribution is -2.29. The van der Waals surface area contributed by atoms with Crippen LogP contribution in [0.25, 0.3) is 0 Å². The molecule has 1 aromatic carbocycles. The topological polar surface area (TPSA) is 26.3 Å². The van der Waals surface area contributed by atoms with Crippen LogP contribution in [0.2, 0.25) is 5.02 Å². The normalized spacial score (nSPS) is 21.6. The van der Waals surface area contributed by atoms with Crippen LogP contribution in [0.15, 0.2) is 18.2 Å². The molecule has 1 aliphatic heterocycles. The van der Waals surface area contributed by atoms with Gasteiger partial charge in [0.1, 0.15) is 12.4 Å². The van der Waals surface area contributed by atoms with Gasteiger partial charge in [0.15, 0.2) is 5.78 Å². The molecule has 0 amide bonds. The molecule has 1 spiro atoms. The summed E-state index contributed by atoms with van der Waals surface area (Å²) in [5.74, 6) is 0.871. The Balaban J connectivity index is 2.12. The van der Waals surface area contributed by atoms with E-state index in [9.17, 15) is 4.79 Å². The van der Waals surface area contributed by atoms with Crippen LogP contribution in [-0.2, 0) is 0 Å². The highest BCUT2D eigenvalue weighted by Crippen LogP contribution is 2.52. The average molecular weight is 209 g/mol. The number of ketones is 1. The van der Waals surface area contributed by atoms with Gasteiger partial charge in [-0.25, -0.2) is 0 Å². The van der Waals surface area contributed by atoms with Gasteiger partial charge in [-0.2, -0.15) is 0 Å². The van der Waals surface area contributed by atoms with Crippen LogP contribution in [0.1, 0.15) is 23.2 Å². The Kier molecular flexibility index (Phi) is 1.49. The Morgan fingerprint density at radius 3 is 2.86 bits per heavy atom. The van der Waals surface area contributed by atoms with E-state index in [2.05, 4.69) is 0 Å². The molecule has 0 unspecified atom stereocenters. The molecule has 3 heteroatoms. The number of carbonyl (C=O) groups is 1. The molecular weight excluding hydrogens is 200 g/mol. The van der Waals surface area contributed by atoms with Crippen LogP contribution in [0, 0.1) is 5.41 Å². The second-order valence-electron chi connectivity index (χ2n) is 4.04. The summed E-state index contributed by atoms with van der Waals surface area (Å²) in [5, 5.41) is 0.614. The van der Waals surface area contributed by atoms with Crippen molar-refractivity contribution >= 4 is 17.4 Å². The van der Waals surface area contributed by atoms with Crippen LogP contribution < -0.4 is 4.74 Å². The highest BCUT2D eigenvalue weighted by atomic mass is 35.5. The van der Waals surface area contributed by atoms with Crippen molar-refractivity contribution in [2.24, 2.45) is 5.41 Å². The number of ether oxygens (including phenoxy) is 1. The van der Waals surface area contributed by atoms with E-state index in [0.717, 1.165) is 12.8 Å². The Morgan fingerprint density at radius 1 is 1.36 bits per heavy atom. The highest BCUT2D eigenvalue weighted by Gasteiger charge is 2.53. The molecule has 0 bridgehead atoms. The van der Waals surface area contributed by atoms with E-state index >= 15 is 0 Å². The Hall–Kier alpha value is -1.02. The molecular formula is C11H9ClO2. The lowest BCUT2D eigenvalue weighted by Gasteiger charge is -2.23. The molecule has 14 heavy (non-hydrogen) atoms. The van der Waals surface area contributed by atoms with Gasteiger partial charge in [-0.3, -0.25) is 4.79 Å². The first-order valence-corrected chi connectivity index (χ1v) is 5.06. The van der Waals surface area contributed by atoms with Crippen molar-refractivity contribution < 1.29 is 9.53 Å². The molecule has 2 aliphatic rings. The molecule has 1 saturated carbocycles. The van der Waals surface area contributed by atoms with Crippen molar-refractivity contribution in [1.29, 1.82) is 0 Å². The summed E-state index contributed by atoms with van der Waals surface area (Å²) in [6.07, 6.45) is 1.93. The summed E-state index contributed by atoms with van der Waals surface area (Å²) in [6.45, 7) is 0.527. The number of hydrogen-bond donors (Lipinski definition) is 0. The van der Waals surface area contributed by atoms with Gasteiger partial charge in [-0.15, -0.1) is 0 Å². The Morgan fingerprint density at radius 2 is 2.14 bits per heavy atom. The van der Waals surface area contributed by atoms with E-state index in [1.165, 1.54) is 0 Å². The summed E-state index contributed by atoms with van der Waals surface area (Å²) in [6, 6.07) is 5.21. The maximum absolute atomic E-state index is 12.0. The Bertz CT molecular complexity index is 421. The molecule has 0 aromatic heterocycles. The summed E-state index contributed by atoms with van der Waals surface area (Å²) in [5.41, 5.74) is 0.513. The molecule has 1 aliphatic carbocycles. The zero-order chi connectivity index (χ0) is 9.76. The monoisotopic (exact) mass is 208 g/mol. The lowest BCUT2D eigenvalue weighted by atomic mass is 9.92. The van der Waals surface area contributed by atoms with Crippen molar-refractivity contribution in [1.82, 2.24) is 0 Å². The fourth-order valence-electron chi connectivity index (χ4n) is 1.89. The van der Waals surface area contributed by atoms with Gasteiger partial charge in [0.2, 0.25) is 0 Å². The van der Waals surface area contributed by atoms with Crippen molar-refractivity contribution in [2.45, 2.75) is 12.8 Å². The third-order valence-electron chi connectivity index (χ3n) is 3.03. The van der Waals surface area contributed by atoms with Gasteiger partial charge < -0.3 is 4.74 Å². The third kappa shape index (κ3) is 1.01. The van der Waals surface area contributed by atoms with Crippen molar-refractivity contribution in [3.63, 3.8) is 0 Å².